The van der Waals surface area contributed by atoms with E-state index >= 15 is 0 Å². The zero-order chi connectivity index (χ0) is 14.5. The summed E-state index contributed by atoms with van der Waals surface area (Å²) in [6, 6.07) is 20.8. The molecule has 0 aromatic heterocycles. The smallest absolute Gasteiger partial charge is 0.143 e. The summed E-state index contributed by atoms with van der Waals surface area (Å²) in [5.74, 6) is 0.441. The van der Waals surface area contributed by atoms with E-state index in [4.69, 9.17) is 0 Å². The van der Waals surface area contributed by atoms with Crippen LogP contribution < -0.4 is 0 Å². The first-order valence-corrected chi connectivity index (χ1v) is 7.94. The van der Waals surface area contributed by atoms with E-state index in [0.29, 0.717) is 12.2 Å². The first kappa shape index (κ1) is 14.1. The Kier molecular flexibility index (Phi) is 4.19. The summed E-state index contributed by atoms with van der Waals surface area (Å²) in [4.78, 5) is 12.7. The molecule has 1 aliphatic carbocycles. The molecule has 21 heavy (non-hydrogen) atoms. The second-order valence-electron chi connectivity index (χ2n) is 6.06. The van der Waals surface area contributed by atoms with Crippen molar-refractivity contribution in [2.24, 2.45) is 0 Å². The molecule has 0 saturated heterocycles. The SMILES string of the molecule is O=C(CCCc1ccccc1)C1(c2ccccc2)CCC1. The lowest BCUT2D eigenvalue weighted by molar-refractivity contribution is -0.127. The Morgan fingerprint density at radius 2 is 1.52 bits per heavy atom. The number of benzene rings is 2. The van der Waals surface area contributed by atoms with Gasteiger partial charge < -0.3 is 0 Å². The van der Waals surface area contributed by atoms with Crippen molar-refractivity contribution in [3.63, 3.8) is 0 Å². The van der Waals surface area contributed by atoms with Crippen LogP contribution in [-0.4, -0.2) is 5.78 Å². The quantitative estimate of drug-likeness (QED) is 0.748. The molecular weight excluding hydrogens is 256 g/mol. The first-order chi connectivity index (χ1) is 10.3. The van der Waals surface area contributed by atoms with Crippen LogP contribution in [0.5, 0.6) is 0 Å². The Morgan fingerprint density at radius 3 is 2.10 bits per heavy atom. The Morgan fingerprint density at radius 1 is 0.905 bits per heavy atom. The van der Waals surface area contributed by atoms with Crippen LogP contribution >= 0.6 is 0 Å². The van der Waals surface area contributed by atoms with Crippen molar-refractivity contribution in [1.82, 2.24) is 0 Å². The molecule has 1 nitrogen and oxygen atoms in total. The minimum atomic E-state index is -0.169. The highest BCUT2D eigenvalue weighted by atomic mass is 16.1. The van der Waals surface area contributed by atoms with Crippen molar-refractivity contribution in [3.8, 4) is 0 Å². The van der Waals surface area contributed by atoms with E-state index in [0.717, 1.165) is 25.7 Å². The molecule has 0 atom stereocenters. The van der Waals surface area contributed by atoms with E-state index < -0.39 is 0 Å². The fourth-order valence-electron chi connectivity index (χ4n) is 3.35. The predicted octanol–water partition coefficient (Wildman–Crippen LogP) is 4.70. The maximum absolute atomic E-state index is 12.7. The summed E-state index contributed by atoms with van der Waals surface area (Å²) in [5.41, 5.74) is 2.38. The summed E-state index contributed by atoms with van der Waals surface area (Å²) in [6.07, 6.45) is 5.89. The van der Waals surface area contributed by atoms with Gasteiger partial charge in [0.05, 0.1) is 5.41 Å². The lowest BCUT2D eigenvalue weighted by Crippen LogP contribution is -2.42. The minimum absolute atomic E-state index is 0.169. The number of hydrogen-bond acceptors (Lipinski definition) is 1. The van der Waals surface area contributed by atoms with E-state index in [9.17, 15) is 4.79 Å². The van der Waals surface area contributed by atoms with Crippen LogP contribution in [0.4, 0.5) is 0 Å². The number of rotatable bonds is 6. The van der Waals surface area contributed by atoms with E-state index in [-0.39, 0.29) is 5.41 Å². The van der Waals surface area contributed by atoms with Gasteiger partial charge in [0.15, 0.2) is 0 Å². The second kappa shape index (κ2) is 6.26. The Bertz CT molecular complexity index is 582. The fraction of sp³-hybridized carbons (Fsp3) is 0.350. The van der Waals surface area contributed by atoms with Crippen LogP contribution in [0.25, 0.3) is 0 Å². The number of carbonyl (C=O) groups is 1. The summed E-state index contributed by atoms with van der Waals surface area (Å²) in [7, 11) is 0. The topological polar surface area (TPSA) is 17.1 Å². The standard InChI is InChI=1S/C20H22O/c21-19(14-7-11-17-9-3-1-4-10-17)20(15-8-16-20)18-12-5-2-6-13-18/h1-6,9-10,12-13H,7-8,11,14-16H2. The van der Waals surface area contributed by atoms with Crippen LogP contribution in [0, 0.1) is 0 Å². The maximum atomic E-state index is 12.7. The largest absolute Gasteiger partial charge is 0.299 e. The summed E-state index contributed by atoms with van der Waals surface area (Å²) in [6.45, 7) is 0. The lowest BCUT2D eigenvalue weighted by atomic mass is 9.61. The van der Waals surface area contributed by atoms with Crippen LogP contribution in [0.3, 0.4) is 0 Å². The molecule has 1 aliphatic rings. The van der Waals surface area contributed by atoms with Crippen molar-refractivity contribution in [1.29, 1.82) is 0 Å². The van der Waals surface area contributed by atoms with Crippen LogP contribution in [0.2, 0.25) is 0 Å². The van der Waals surface area contributed by atoms with Crippen molar-refractivity contribution in [3.05, 3.63) is 71.8 Å². The van der Waals surface area contributed by atoms with Gasteiger partial charge in [-0.05, 0) is 36.8 Å². The lowest BCUT2D eigenvalue weighted by Gasteiger charge is -2.41. The van der Waals surface area contributed by atoms with Gasteiger partial charge in [0, 0.05) is 6.42 Å². The summed E-state index contributed by atoms with van der Waals surface area (Å²) < 4.78 is 0. The average Bonchev–Trinajstić information content (AvgIpc) is 2.48. The molecule has 0 bridgehead atoms. The number of Topliss-reactive ketones (excluding diaryl/α,β-unsaturated/α-hetero) is 1. The van der Waals surface area contributed by atoms with E-state index in [1.54, 1.807) is 0 Å². The van der Waals surface area contributed by atoms with Crippen molar-refractivity contribution in [2.75, 3.05) is 0 Å². The fourth-order valence-corrected chi connectivity index (χ4v) is 3.35. The molecule has 0 aliphatic heterocycles. The average molecular weight is 278 g/mol. The number of ketones is 1. The van der Waals surface area contributed by atoms with Gasteiger partial charge in [-0.2, -0.15) is 0 Å². The highest BCUT2D eigenvalue weighted by Crippen LogP contribution is 2.45. The van der Waals surface area contributed by atoms with E-state index in [1.165, 1.54) is 17.5 Å². The third kappa shape index (κ3) is 2.92. The number of aryl methyl sites for hydroxylation is 1. The van der Waals surface area contributed by atoms with Crippen molar-refractivity contribution < 1.29 is 4.79 Å². The minimum Gasteiger partial charge on any atom is -0.299 e. The van der Waals surface area contributed by atoms with Crippen molar-refractivity contribution >= 4 is 5.78 Å². The predicted molar refractivity (Wildman–Crippen MR) is 86.4 cm³/mol. The van der Waals surface area contributed by atoms with Crippen LogP contribution in [-0.2, 0) is 16.6 Å². The van der Waals surface area contributed by atoms with E-state index in [2.05, 4.69) is 36.4 Å². The monoisotopic (exact) mass is 278 g/mol. The zero-order valence-electron chi connectivity index (χ0n) is 12.4. The first-order valence-electron chi connectivity index (χ1n) is 7.94. The van der Waals surface area contributed by atoms with Crippen molar-refractivity contribution in [2.45, 2.75) is 43.9 Å². The normalized spacial score (nSPS) is 16.2. The molecule has 3 rings (SSSR count). The second-order valence-corrected chi connectivity index (χ2v) is 6.06. The molecular formula is C20H22O. The molecule has 0 amide bonds. The molecule has 1 saturated carbocycles. The van der Waals surface area contributed by atoms with Crippen LogP contribution in [0.1, 0.15) is 43.2 Å². The molecule has 2 aromatic carbocycles. The maximum Gasteiger partial charge on any atom is 0.143 e. The molecule has 0 N–H and O–H groups in total. The van der Waals surface area contributed by atoms with Gasteiger partial charge in [0.25, 0.3) is 0 Å². The third-order valence-electron chi connectivity index (χ3n) is 4.78. The molecule has 1 heteroatoms. The van der Waals surface area contributed by atoms with Gasteiger partial charge in [-0.1, -0.05) is 67.1 Å². The molecule has 108 valence electrons. The molecule has 0 radical (unpaired) electrons. The Hall–Kier alpha value is -1.89. The Labute approximate surface area is 127 Å². The molecule has 0 heterocycles. The van der Waals surface area contributed by atoms with Gasteiger partial charge in [-0.25, -0.2) is 0 Å². The van der Waals surface area contributed by atoms with Gasteiger partial charge in [-0.3, -0.25) is 4.79 Å². The zero-order valence-corrected chi connectivity index (χ0v) is 12.4. The van der Waals surface area contributed by atoms with Gasteiger partial charge in [-0.15, -0.1) is 0 Å². The summed E-state index contributed by atoms with van der Waals surface area (Å²) >= 11 is 0. The molecule has 0 unspecified atom stereocenters. The van der Waals surface area contributed by atoms with Gasteiger partial charge in [0.1, 0.15) is 5.78 Å². The third-order valence-corrected chi connectivity index (χ3v) is 4.78. The highest BCUT2D eigenvalue weighted by Gasteiger charge is 2.44. The highest BCUT2D eigenvalue weighted by molar-refractivity contribution is 5.91. The van der Waals surface area contributed by atoms with Gasteiger partial charge in [0.2, 0.25) is 0 Å². The number of carbonyl (C=O) groups excluding carboxylic acids is 1. The Balaban J connectivity index is 1.62. The molecule has 0 spiro atoms. The molecule has 2 aromatic rings. The van der Waals surface area contributed by atoms with E-state index in [1.807, 2.05) is 24.3 Å². The summed E-state index contributed by atoms with van der Waals surface area (Å²) in [5, 5.41) is 0. The van der Waals surface area contributed by atoms with Gasteiger partial charge >= 0.3 is 0 Å². The number of hydrogen-bond donors (Lipinski definition) is 0. The molecule has 1 fully saturated rings. The van der Waals surface area contributed by atoms with Crippen LogP contribution in [0.15, 0.2) is 60.7 Å².